The van der Waals surface area contributed by atoms with Crippen LogP contribution in [-0.4, -0.2) is 24.1 Å². The van der Waals surface area contributed by atoms with E-state index in [0.29, 0.717) is 0 Å². The van der Waals surface area contributed by atoms with Crippen molar-refractivity contribution in [3.8, 4) is 0 Å². The summed E-state index contributed by atoms with van der Waals surface area (Å²) in [6.07, 6.45) is -0.522. The second kappa shape index (κ2) is 6.22. The molecule has 86 valence electrons. The summed E-state index contributed by atoms with van der Waals surface area (Å²) in [5, 5.41) is 0. The number of hydrogen-bond acceptors (Lipinski definition) is 4. The number of rotatable bonds is 5. The van der Waals surface area contributed by atoms with Crippen LogP contribution in [0, 0.1) is 0 Å². The maximum absolute atomic E-state index is 11.2. The maximum Gasteiger partial charge on any atom is 0.334 e. The van der Waals surface area contributed by atoms with Crippen LogP contribution in [-0.2, 0) is 19.1 Å². The van der Waals surface area contributed by atoms with Crippen molar-refractivity contribution in [2.45, 2.75) is 46.3 Å². The normalized spacial score (nSPS) is 10.3. The smallest absolute Gasteiger partial charge is 0.334 e. The van der Waals surface area contributed by atoms with Gasteiger partial charge in [-0.3, -0.25) is 4.79 Å². The van der Waals surface area contributed by atoms with E-state index in [1.54, 1.807) is 27.7 Å². The average Bonchev–Trinajstić information content (AvgIpc) is 2.00. The number of esters is 2. The van der Waals surface area contributed by atoms with E-state index >= 15 is 0 Å². The Morgan fingerprint density at radius 1 is 1.07 bits per heavy atom. The van der Waals surface area contributed by atoms with Crippen molar-refractivity contribution in [2.75, 3.05) is 0 Å². The van der Waals surface area contributed by atoms with Gasteiger partial charge in [0.1, 0.15) is 0 Å². The predicted octanol–water partition coefficient (Wildman–Crippen LogP) is 1.84. The van der Waals surface area contributed by atoms with Gasteiger partial charge in [0.2, 0.25) is 0 Å². The van der Waals surface area contributed by atoms with E-state index in [-0.39, 0.29) is 24.2 Å². The van der Waals surface area contributed by atoms with Crippen LogP contribution >= 0.6 is 0 Å². The molecule has 0 amide bonds. The molecule has 4 nitrogen and oxygen atoms in total. The number of hydrogen-bond donors (Lipinski definition) is 0. The summed E-state index contributed by atoms with van der Waals surface area (Å²) >= 11 is 0. The first-order valence-corrected chi connectivity index (χ1v) is 4.91. The zero-order valence-corrected chi connectivity index (χ0v) is 9.70. The van der Waals surface area contributed by atoms with E-state index in [2.05, 4.69) is 6.58 Å². The molecular weight excluding hydrogens is 196 g/mol. The topological polar surface area (TPSA) is 52.6 Å². The molecule has 0 rings (SSSR count). The zero-order valence-electron chi connectivity index (χ0n) is 9.70. The molecule has 0 aliphatic carbocycles. The lowest BCUT2D eigenvalue weighted by atomic mass is 10.2. The van der Waals surface area contributed by atoms with Crippen molar-refractivity contribution in [3.63, 3.8) is 0 Å². The molecule has 0 aromatic carbocycles. The lowest BCUT2D eigenvalue weighted by Crippen LogP contribution is -2.18. The molecule has 0 aliphatic heterocycles. The summed E-state index contributed by atoms with van der Waals surface area (Å²) < 4.78 is 9.74. The quantitative estimate of drug-likeness (QED) is 0.517. The van der Waals surface area contributed by atoms with Crippen molar-refractivity contribution >= 4 is 11.9 Å². The predicted molar refractivity (Wildman–Crippen MR) is 56.2 cm³/mol. The summed E-state index contributed by atoms with van der Waals surface area (Å²) in [6.45, 7) is 10.4. The summed E-state index contributed by atoms with van der Waals surface area (Å²) in [5.41, 5.74) is 0.120. The van der Waals surface area contributed by atoms with Crippen LogP contribution in [0.1, 0.15) is 34.1 Å². The molecular formula is C11H18O4. The summed E-state index contributed by atoms with van der Waals surface area (Å²) in [6, 6.07) is 0. The Hall–Kier alpha value is -1.32. The molecule has 0 atom stereocenters. The van der Waals surface area contributed by atoms with Crippen LogP contribution in [0.2, 0.25) is 0 Å². The number of carbonyl (C=O) groups excluding carboxylic acids is 2. The van der Waals surface area contributed by atoms with Crippen molar-refractivity contribution < 1.29 is 19.1 Å². The van der Waals surface area contributed by atoms with Gasteiger partial charge in [0.25, 0.3) is 0 Å². The highest BCUT2D eigenvalue weighted by Gasteiger charge is 2.15. The Bertz CT molecular complexity index is 253. The third-order valence-corrected chi connectivity index (χ3v) is 1.36. The Balaban J connectivity index is 4.02. The van der Waals surface area contributed by atoms with E-state index < -0.39 is 11.9 Å². The van der Waals surface area contributed by atoms with Gasteiger partial charge in [-0.05, 0) is 27.7 Å². The molecule has 0 N–H and O–H groups in total. The summed E-state index contributed by atoms with van der Waals surface area (Å²) in [7, 11) is 0. The molecule has 0 heterocycles. The second-order valence-electron chi connectivity index (χ2n) is 3.77. The molecule has 0 aliphatic rings. The van der Waals surface area contributed by atoms with Gasteiger partial charge in [-0.2, -0.15) is 0 Å². The first kappa shape index (κ1) is 13.7. The second-order valence-corrected chi connectivity index (χ2v) is 3.77. The fraction of sp³-hybridized carbons (Fsp3) is 0.636. The number of ether oxygens (including phenoxy) is 2. The highest BCUT2D eigenvalue weighted by Crippen LogP contribution is 2.06. The van der Waals surface area contributed by atoms with Crippen LogP contribution in [0.15, 0.2) is 12.2 Å². The van der Waals surface area contributed by atoms with Gasteiger partial charge in [0.05, 0.1) is 18.6 Å². The van der Waals surface area contributed by atoms with E-state index in [9.17, 15) is 9.59 Å². The van der Waals surface area contributed by atoms with Crippen LogP contribution in [0.4, 0.5) is 0 Å². The Labute approximate surface area is 90.2 Å². The van der Waals surface area contributed by atoms with Gasteiger partial charge in [0, 0.05) is 5.57 Å². The SMILES string of the molecule is C=C(CC(=O)OC(C)C)C(=O)OC(C)C. The van der Waals surface area contributed by atoms with E-state index in [0.717, 1.165) is 0 Å². The first-order chi connectivity index (χ1) is 6.82. The Morgan fingerprint density at radius 2 is 1.53 bits per heavy atom. The molecule has 0 fully saturated rings. The molecule has 4 heteroatoms. The van der Waals surface area contributed by atoms with Gasteiger partial charge >= 0.3 is 11.9 Å². The zero-order chi connectivity index (χ0) is 12.0. The summed E-state index contributed by atoms with van der Waals surface area (Å²) in [5.74, 6) is -1.01. The van der Waals surface area contributed by atoms with E-state index in [1.807, 2.05) is 0 Å². The van der Waals surface area contributed by atoms with E-state index in [1.165, 1.54) is 0 Å². The molecule has 0 unspecified atom stereocenters. The molecule has 0 aromatic rings. The van der Waals surface area contributed by atoms with Gasteiger partial charge in [-0.25, -0.2) is 4.79 Å². The lowest BCUT2D eigenvalue weighted by Gasteiger charge is -2.11. The van der Waals surface area contributed by atoms with Gasteiger partial charge in [-0.1, -0.05) is 6.58 Å². The number of carbonyl (C=O) groups is 2. The first-order valence-electron chi connectivity index (χ1n) is 4.91. The molecule has 0 radical (unpaired) electrons. The van der Waals surface area contributed by atoms with Crippen molar-refractivity contribution in [1.29, 1.82) is 0 Å². The summed E-state index contributed by atoms with van der Waals surface area (Å²) in [4.78, 5) is 22.4. The molecule has 0 aromatic heterocycles. The van der Waals surface area contributed by atoms with Crippen LogP contribution in [0.3, 0.4) is 0 Å². The third-order valence-electron chi connectivity index (χ3n) is 1.36. The minimum absolute atomic E-state index is 0.120. The Kier molecular flexibility index (Phi) is 5.67. The lowest BCUT2D eigenvalue weighted by molar-refractivity contribution is -0.150. The highest BCUT2D eigenvalue weighted by atomic mass is 16.5. The minimum atomic E-state index is -0.550. The average molecular weight is 214 g/mol. The highest BCUT2D eigenvalue weighted by molar-refractivity contribution is 5.93. The van der Waals surface area contributed by atoms with Gasteiger partial charge in [0.15, 0.2) is 0 Å². The fourth-order valence-electron chi connectivity index (χ4n) is 0.848. The maximum atomic E-state index is 11.2. The van der Waals surface area contributed by atoms with Crippen LogP contribution < -0.4 is 0 Å². The van der Waals surface area contributed by atoms with Gasteiger partial charge < -0.3 is 9.47 Å². The standard InChI is InChI=1S/C11H18O4/c1-7(2)14-10(12)6-9(5)11(13)15-8(3)4/h7-8H,5-6H2,1-4H3. The van der Waals surface area contributed by atoms with Gasteiger partial charge in [-0.15, -0.1) is 0 Å². The van der Waals surface area contributed by atoms with Crippen LogP contribution in [0.25, 0.3) is 0 Å². The van der Waals surface area contributed by atoms with Crippen LogP contribution in [0.5, 0.6) is 0 Å². The van der Waals surface area contributed by atoms with Crippen molar-refractivity contribution in [1.82, 2.24) is 0 Å². The molecule has 0 saturated heterocycles. The Morgan fingerprint density at radius 3 is 1.93 bits per heavy atom. The minimum Gasteiger partial charge on any atom is -0.463 e. The third kappa shape index (κ3) is 6.71. The molecule has 0 saturated carbocycles. The van der Waals surface area contributed by atoms with Crippen molar-refractivity contribution in [2.24, 2.45) is 0 Å². The molecule has 0 bridgehead atoms. The largest absolute Gasteiger partial charge is 0.463 e. The molecule has 15 heavy (non-hydrogen) atoms. The fourth-order valence-corrected chi connectivity index (χ4v) is 0.848. The van der Waals surface area contributed by atoms with Crippen molar-refractivity contribution in [3.05, 3.63) is 12.2 Å². The monoisotopic (exact) mass is 214 g/mol. The van der Waals surface area contributed by atoms with E-state index in [4.69, 9.17) is 9.47 Å². The molecule has 0 spiro atoms.